The number of hydrogen-bond donors (Lipinski definition) is 0. The topological polar surface area (TPSA) is 38.8 Å². The number of hydrogen-bond acceptors (Lipinski definition) is 3. The van der Waals surface area contributed by atoms with Gasteiger partial charge in [-0.25, -0.2) is 0 Å². The number of methoxy groups -OCH3 is 2. The molecular formula is C20H23NO3. The van der Waals surface area contributed by atoms with E-state index in [4.69, 9.17) is 9.47 Å². The van der Waals surface area contributed by atoms with Gasteiger partial charge in [0.1, 0.15) is 5.75 Å². The Morgan fingerprint density at radius 2 is 1.92 bits per heavy atom. The van der Waals surface area contributed by atoms with E-state index in [1.54, 1.807) is 14.2 Å². The van der Waals surface area contributed by atoms with Crippen LogP contribution in [0.3, 0.4) is 0 Å². The third-order valence-electron chi connectivity index (χ3n) is 4.53. The van der Waals surface area contributed by atoms with Gasteiger partial charge in [-0.3, -0.25) is 4.79 Å². The number of amides is 1. The van der Waals surface area contributed by atoms with Crippen molar-refractivity contribution in [1.29, 1.82) is 0 Å². The first-order valence-electron chi connectivity index (χ1n) is 8.28. The molecule has 0 N–H and O–H groups in total. The standard InChI is InChI=1S/C20H23NO3/c1-23-14-17-9-6-12-21(17)20(22)18-13-16(10-11-19(18)24-2)15-7-4-3-5-8-15/h3-5,7-8,10-11,13,17H,6,9,12,14H2,1-2H3/t17-/m0/s1. The predicted octanol–water partition coefficient (Wildman–Crippen LogP) is 3.61. The Bertz CT molecular complexity index is 699. The molecule has 0 aliphatic carbocycles. The van der Waals surface area contributed by atoms with E-state index in [-0.39, 0.29) is 11.9 Å². The smallest absolute Gasteiger partial charge is 0.257 e. The van der Waals surface area contributed by atoms with Gasteiger partial charge < -0.3 is 14.4 Å². The molecule has 1 saturated heterocycles. The first-order chi connectivity index (χ1) is 11.7. The molecule has 0 bridgehead atoms. The van der Waals surface area contributed by atoms with Crippen LogP contribution >= 0.6 is 0 Å². The summed E-state index contributed by atoms with van der Waals surface area (Å²) in [6.45, 7) is 1.35. The Hall–Kier alpha value is -2.33. The van der Waals surface area contributed by atoms with Gasteiger partial charge in [-0.2, -0.15) is 0 Å². The maximum absolute atomic E-state index is 13.1. The van der Waals surface area contributed by atoms with E-state index in [1.165, 1.54) is 0 Å². The summed E-state index contributed by atoms with van der Waals surface area (Å²) in [5, 5.41) is 0. The summed E-state index contributed by atoms with van der Waals surface area (Å²) in [5.74, 6) is 0.631. The lowest BCUT2D eigenvalue weighted by Crippen LogP contribution is -2.38. The molecule has 1 aliphatic rings. The molecule has 1 fully saturated rings. The molecule has 1 heterocycles. The van der Waals surface area contributed by atoms with Crippen LogP contribution in [0.5, 0.6) is 5.75 Å². The van der Waals surface area contributed by atoms with Crippen molar-refractivity contribution in [2.45, 2.75) is 18.9 Å². The van der Waals surface area contributed by atoms with Gasteiger partial charge in [0.25, 0.3) is 5.91 Å². The molecule has 2 aromatic carbocycles. The lowest BCUT2D eigenvalue weighted by molar-refractivity contribution is 0.0627. The third kappa shape index (κ3) is 3.29. The van der Waals surface area contributed by atoms with E-state index >= 15 is 0 Å². The van der Waals surface area contributed by atoms with Crippen molar-refractivity contribution < 1.29 is 14.3 Å². The predicted molar refractivity (Wildman–Crippen MR) is 94.4 cm³/mol. The second-order valence-electron chi connectivity index (χ2n) is 6.03. The second-order valence-corrected chi connectivity index (χ2v) is 6.03. The molecule has 1 atom stereocenters. The number of carbonyl (C=O) groups is 1. The number of likely N-dealkylation sites (tertiary alicyclic amines) is 1. The highest BCUT2D eigenvalue weighted by atomic mass is 16.5. The molecule has 0 saturated carbocycles. The molecule has 126 valence electrons. The van der Waals surface area contributed by atoms with Gasteiger partial charge in [0.05, 0.1) is 25.3 Å². The van der Waals surface area contributed by atoms with Crippen LogP contribution in [0.1, 0.15) is 23.2 Å². The largest absolute Gasteiger partial charge is 0.496 e. The van der Waals surface area contributed by atoms with E-state index in [0.29, 0.717) is 17.9 Å². The zero-order valence-corrected chi connectivity index (χ0v) is 14.2. The summed E-state index contributed by atoms with van der Waals surface area (Å²) < 4.78 is 10.7. The number of ether oxygens (including phenoxy) is 2. The lowest BCUT2D eigenvalue weighted by Gasteiger charge is -2.25. The van der Waals surface area contributed by atoms with Gasteiger partial charge in [0, 0.05) is 13.7 Å². The SMILES string of the molecule is COC[C@@H]1CCCN1C(=O)c1cc(-c2ccccc2)ccc1OC. The van der Waals surface area contributed by atoms with E-state index in [2.05, 4.69) is 0 Å². The molecule has 0 spiro atoms. The summed E-state index contributed by atoms with van der Waals surface area (Å²) in [6, 6.07) is 16.0. The maximum atomic E-state index is 13.1. The normalized spacial score (nSPS) is 17.1. The van der Waals surface area contributed by atoms with E-state index in [0.717, 1.165) is 30.5 Å². The van der Waals surface area contributed by atoms with Crippen molar-refractivity contribution >= 4 is 5.91 Å². The molecule has 4 heteroatoms. The van der Waals surface area contributed by atoms with Crippen LogP contribution in [0, 0.1) is 0 Å². The van der Waals surface area contributed by atoms with Crippen LogP contribution in [-0.2, 0) is 4.74 Å². The van der Waals surface area contributed by atoms with Crippen molar-refractivity contribution in [3.63, 3.8) is 0 Å². The zero-order chi connectivity index (χ0) is 16.9. The zero-order valence-electron chi connectivity index (χ0n) is 14.2. The first kappa shape index (κ1) is 16.5. The molecule has 3 rings (SSSR count). The molecule has 24 heavy (non-hydrogen) atoms. The third-order valence-corrected chi connectivity index (χ3v) is 4.53. The minimum absolute atomic E-state index is 0.0178. The van der Waals surface area contributed by atoms with Crippen molar-refractivity contribution in [3.05, 3.63) is 54.1 Å². The summed E-state index contributed by atoms with van der Waals surface area (Å²) in [7, 11) is 3.28. The van der Waals surface area contributed by atoms with E-state index in [9.17, 15) is 4.79 Å². The van der Waals surface area contributed by atoms with Gasteiger partial charge in [0.15, 0.2) is 0 Å². The highest BCUT2D eigenvalue weighted by molar-refractivity contribution is 5.98. The quantitative estimate of drug-likeness (QED) is 0.843. The molecule has 0 unspecified atom stereocenters. The van der Waals surface area contributed by atoms with Crippen molar-refractivity contribution in [2.75, 3.05) is 27.4 Å². The van der Waals surface area contributed by atoms with E-state index < -0.39 is 0 Å². The monoisotopic (exact) mass is 325 g/mol. The molecular weight excluding hydrogens is 302 g/mol. The van der Waals surface area contributed by atoms with Crippen molar-refractivity contribution in [1.82, 2.24) is 4.90 Å². The van der Waals surface area contributed by atoms with Crippen LogP contribution in [0.2, 0.25) is 0 Å². The van der Waals surface area contributed by atoms with Crippen molar-refractivity contribution in [2.24, 2.45) is 0 Å². The summed E-state index contributed by atoms with van der Waals surface area (Å²) >= 11 is 0. The van der Waals surface area contributed by atoms with Gasteiger partial charge in [-0.1, -0.05) is 36.4 Å². The average Bonchev–Trinajstić information content (AvgIpc) is 3.10. The Balaban J connectivity index is 1.95. The van der Waals surface area contributed by atoms with Crippen LogP contribution in [-0.4, -0.2) is 44.2 Å². The molecule has 2 aromatic rings. The number of carbonyl (C=O) groups excluding carboxylic acids is 1. The van der Waals surface area contributed by atoms with E-state index in [1.807, 2.05) is 53.4 Å². The number of nitrogens with zero attached hydrogens (tertiary/aromatic N) is 1. The van der Waals surface area contributed by atoms with Gasteiger partial charge in [0.2, 0.25) is 0 Å². The van der Waals surface area contributed by atoms with Crippen LogP contribution in [0.4, 0.5) is 0 Å². The molecule has 0 aromatic heterocycles. The summed E-state index contributed by atoms with van der Waals surface area (Å²) in [4.78, 5) is 15.0. The highest BCUT2D eigenvalue weighted by Crippen LogP contribution is 2.29. The van der Waals surface area contributed by atoms with Gasteiger partial charge in [-0.05, 0) is 36.1 Å². The molecule has 1 amide bonds. The summed E-state index contributed by atoms with van der Waals surface area (Å²) in [6.07, 6.45) is 2.00. The fourth-order valence-corrected chi connectivity index (χ4v) is 3.31. The lowest BCUT2D eigenvalue weighted by atomic mass is 10.0. The summed E-state index contributed by atoms with van der Waals surface area (Å²) in [5.41, 5.74) is 2.72. The van der Waals surface area contributed by atoms with Gasteiger partial charge in [-0.15, -0.1) is 0 Å². The maximum Gasteiger partial charge on any atom is 0.257 e. The fraction of sp³-hybridized carbons (Fsp3) is 0.350. The number of rotatable bonds is 5. The second kappa shape index (κ2) is 7.49. The fourth-order valence-electron chi connectivity index (χ4n) is 3.31. The Morgan fingerprint density at radius 3 is 2.62 bits per heavy atom. The highest BCUT2D eigenvalue weighted by Gasteiger charge is 2.30. The Labute approximate surface area is 143 Å². The van der Waals surface area contributed by atoms with Crippen LogP contribution in [0.15, 0.2) is 48.5 Å². The van der Waals surface area contributed by atoms with Crippen molar-refractivity contribution in [3.8, 4) is 16.9 Å². The van der Waals surface area contributed by atoms with Gasteiger partial charge >= 0.3 is 0 Å². The first-order valence-corrected chi connectivity index (χ1v) is 8.28. The molecule has 1 aliphatic heterocycles. The molecule has 0 radical (unpaired) electrons. The number of benzene rings is 2. The minimum atomic E-state index is 0.0178. The van der Waals surface area contributed by atoms with Crippen LogP contribution < -0.4 is 4.74 Å². The van der Waals surface area contributed by atoms with Crippen LogP contribution in [0.25, 0.3) is 11.1 Å². The minimum Gasteiger partial charge on any atom is -0.496 e. The average molecular weight is 325 g/mol. The Morgan fingerprint density at radius 1 is 1.12 bits per heavy atom. The Kier molecular flexibility index (Phi) is 5.16. The molecule has 4 nitrogen and oxygen atoms in total.